The average Bonchev–Trinajstić information content (AvgIpc) is 2.94. The van der Waals surface area contributed by atoms with Crippen molar-refractivity contribution in [2.24, 2.45) is 4.99 Å². The van der Waals surface area contributed by atoms with Gasteiger partial charge in [0.05, 0.1) is 52.7 Å². The summed E-state index contributed by atoms with van der Waals surface area (Å²) in [6.07, 6.45) is 4.76. The number of methoxy groups -OCH3 is 1. The minimum atomic E-state index is -0.226. The monoisotopic (exact) mass is 491 g/mol. The van der Waals surface area contributed by atoms with Crippen molar-refractivity contribution in [1.82, 2.24) is 14.5 Å². The Labute approximate surface area is 215 Å². The van der Waals surface area contributed by atoms with Crippen LogP contribution in [0.3, 0.4) is 0 Å². The SMILES string of the molecule is COc1ncccc1Nc1cc2nc3ccccc3n(-c3ccccc3)c-2cc1=NC1CCC(O)CC1. The molecule has 6 rings (SSSR count). The molecule has 2 aromatic carbocycles. The molecule has 37 heavy (non-hydrogen) atoms. The van der Waals surface area contributed by atoms with Gasteiger partial charge in [-0.15, -0.1) is 0 Å². The molecule has 0 bridgehead atoms. The quantitative estimate of drug-likeness (QED) is 0.318. The summed E-state index contributed by atoms with van der Waals surface area (Å²) in [4.78, 5) is 14.6. The van der Waals surface area contributed by atoms with Crippen molar-refractivity contribution in [3.05, 3.63) is 90.4 Å². The van der Waals surface area contributed by atoms with Crippen molar-refractivity contribution < 1.29 is 9.84 Å². The molecular formula is C30H29N5O2. The van der Waals surface area contributed by atoms with Crippen LogP contribution in [0.5, 0.6) is 5.88 Å². The van der Waals surface area contributed by atoms with E-state index < -0.39 is 0 Å². The number of fused-ring (bicyclic) bond motifs is 2. The normalized spacial score (nSPS) is 18.3. The van der Waals surface area contributed by atoms with Gasteiger partial charge in [0.2, 0.25) is 5.88 Å². The number of benzene rings is 3. The summed E-state index contributed by atoms with van der Waals surface area (Å²) in [6, 6.07) is 26.7. The zero-order valence-electron chi connectivity index (χ0n) is 20.7. The fourth-order valence-corrected chi connectivity index (χ4v) is 5.08. The van der Waals surface area contributed by atoms with E-state index in [1.807, 2.05) is 48.5 Å². The second-order valence-electron chi connectivity index (χ2n) is 9.41. The van der Waals surface area contributed by atoms with E-state index in [1.165, 1.54) is 0 Å². The molecule has 1 aromatic heterocycles. The van der Waals surface area contributed by atoms with Crippen molar-refractivity contribution in [3.8, 4) is 23.0 Å². The lowest BCUT2D eigenvalue weighted by molar-refractivity contribution is 0.123. The van der Waals surface area contributed by atoms with Crippen molar-refractivity contribution >= 4 is 22.4 Å². The third-order valence-corrected chi connectivity index (χ3v) is 6.93. The van der Waals surface area contributed by atoms with Gasteiger partial charge in [0.1, 0.15) is 5.69 Å². The second kappa shape index (κ2) is 10.0. The van der Waals surface area contributed by atoms with Crippen molar-refractivity contribution in [2.45, 2.75) is 37.8 Å². The van der Waals surface area contributed by atoms with Crippen molar-refractivity contribution in [2.75, 3.05) is 12.4 Å². The molecule has 0 atom stereocenters. The molecule has 3 aliphatic rings. The Morgan fingerprint density at radius 2 is 1.70 bits per heavy atom. The van der Waals surface area contributed by atoms with Crippen LogP contribution in [0.4, 0.5) is 11.4 Å². The first-order valence-electron chi connectivity index (χ1n) is 12.7. The number of anilines is 2. The number of aliphatic hydroxyl groups excluding tert-OH is 1. The smallest absolute Gasteiger partial charge is 0.237 e. The lowest BCUT2D eigenvalue weighted by Gasteiger charge is -2.23. The van der Waals surface area contributed by atoms with Crippen molar-refractivity contribution in [3.63, 3.8) is 0 Å². The molecule has 0 amide bonds. The van der Waals surface area contributed by atoms with Gasteiger partial charge in [-0.2, -0.15) is 0 Å². The zero-order chi connectivity index (χ0) is 25.2. The summed E-state index contributed by atoms with van der Waals surface area (Å²) in [5.41, 5.74) is 6.43. The van der Waals surface area contributed by atoms with Crippen LogP contribution in [0.25, 0.3) is 28.1 Å². The van der Waals surface area contributed by atoms with Crippen LogP contribution in [-0.2, 0) is 0 Å². The first-order valence-corrected chi connectivity index (χ1v) is 12.7. The van der Waals surface area contributed by atoms with Gasteiger partial charge < -0.3 is 19.7 Å². The molecule has 1 saturated carbocycles. The second-order valence-corrected chi connectivity index (χ2v) is 9.41. The fourth-order valence-electron chi connectivity index (χ4n) is 5.08. The third-order valence-electron chi connectivity index (χ3n) is 6.93. The van der Waals surface area contributed by atoms with E-state index in [-0.39, 0.29) is 12.1 Å². The number of ether oxygens (including phenoxy) is 1. The first-order chi connectivity index (χ1) is 18.2. The van der Waals surface area contributed by atoms with E-state index >= 15 is 0 Å². The Bertz CT molecular complexity index is 1570. The standard InChI is InChI=1S/C30H29N5O2/c1-37-30-24(11-7-17-31-30)34-25-18-27-29(19-26(25)32-20-13-15-22(36)16-14-20)35(21-8-3-2-4-9-21)28-12-6-5-10-23(28)33-27/h2-12,17-20,22,34,36H,13-16H2,1H3. The highest BCUT2D eigenvalue weighted by atomic mass is 16.5. The molecule has 0 saturated heterocycles. The number of aromatic nitrogens is 3. The summed E-state index contributed by atoms with van der Waals surface area (Å²) >= 11 is 0. The van der Waals surface area contributed by atoms with Crippen LogP contribution in [-0.4, -0.2) is 38.9 Å². The number of nitrogens with one attached hydrogen (secondary N) is 1. The van der Waals surface area contributed by atoms with Crippen LogP contribution in [0.15, 0.2) is 90.1 Å². The summed E-state index contributed by atoms with van der Waals surface area (Å²) < 4.78 is 7.74. The first kappa shape index (κ1) is 23.2. The molecule has 0 radical (unpaired) electrons. The predicted molar refractivity (Wildman–Crippen MR) is 146 cm³/mol. The molecular weight excluding hydrogens is 462 g/mol. The lowest BCUT2D eigenvalue weighted by atomic mass is 9.93. The van der Waals surface area contributed by atoms with Gasteiger partial charge in [-0.25, -0.2) is 9.97 Å². The minimum absolute atomic E-state index is 0.149. The Morgan fingerprint density at radius 3 is 2.51 bits per heavy atom. The zero-order valence-corrected chi connectivity index (χ0v) is 20.7. The van der Waals surface area contributed by atoms with E-state index in [1.54, 1.807) is 13.3 Å². The largest absolute Gasteiger partial charge is 0.480 e. The van der Waals surface area contributed by atoms with Gasteiger partial charge >= 0.3 is 0 Å². The number of aliphatic hydroxyl groups is 1. The number of hydrogen-bond acceptors (Lipinski definition) is 6. The van der Waals surface area contributed by atoms with Crippen molar-refractivity contribution in [1.29, 1.82) is 0 Å². The molecule has 2 aliphatic carbocycles. The van der Waals surface area contributed by atoms with Gasteiger partial charge in [0, 0.05) is 11.9 Å². The topological polar surface area (TPSA) is 84.6 Å². The van der Waals surface area contributed by atoms with Gasteiger partial charge in [0.25, 0.3) is 0 Å². The summed E-state index contributed by atoms with van der Waals surface area (Å²) in [7, 11) is 1.61. The molecule has 1 aliphatic heterocycles. The van der Waals surface area contributed by atoms with E-state index in [4.69, 9.17) is 14.7 Å². The summed E-state index contributed by atoms with van der Waals surface area (Å²) in [6.45, 7) is 0. The molecule has 7 heteroatoms. The van der Waals surface area contributed by atoms with Crippen LogP contribution < -0.4 is 15.4 Å². The number of para-hydroxylation sites is 3. The molecule has 2 N–H and O–H groups in total. The highest BCUT2D eigenvalue weighted by Gasteiger charge is 2.21. The van der Waals surface area contributed by atoms with Crippen LogP contribution >= 0.6 is 0 Å². The van der Waals surface area contributed by atoms with Crippen LogP contribution in [0, 0.1) is 0 Å². The van der Waals surface area contributed by atoms with E-state index in [2.05, 4.69) is 45.2 Å². The van der Waals surface area contributed by atoms with E-state index in [0.717, 1.165) is 70.5 Å². The number of hydrogen-bond donors (Lipinski definition) is 2. The van der Waals surface area contributed by atoms with Crippen LogP contribution in [0.2, 0.25) is 0 Å². The fraction of sp³-hybridized carbons (Fsp3) is 0.233. The molecule has 0 spiro atoms. The van der Waals surface area contributed by atoms with Gasteiger partial charge in [-0.3, -0.25) is 4.99 Å². The van der Waals surface area contributed by atoms with Gasteiger partial charge in [-0.05, 0) is 74.2 Å². The molecule has 186 valence electrons. The Balaban J connectivity index is 1.60. The molecule has 0 unspecified atom stereocenters. The average molecular weight is 492 g/mol. The Hall–Kier alpha value is -4.23. The maximum atomic E-state index is 10.0. The van der Waals surface area contributed by atoms with Crippen LogP contribution in [0.1, 0.15) is 25.7 Å². The molecule has 1 fully saturated rings. The summed E-state index contributed by atoms with van der Waals surface area (Å²) in [5, 5.41) is 14.4. The predicted octanol–water partition coefficient (Wildman–Crippen LogP) is 5.48. The van der Waals surface area contributed by atoms with E-state index in [9.17, 15) is 5.11 Å². The number of nitrogens with zero attached hydrogens (tertiary/aromatic N) is 4. The lowest BCUT2D eigenvalue weighted by Crippen LogP contribution is -2.24. The molecule has 2 heterocycles. The maximum absolute atomic E-state index is 10.0. The highest BCUT2D eigenvalue weighted by Crippen LogP contribution is 2.32. The maximum Gasteiger partial charge on any atom is 0.237 e. The number of rotatable bonds is 5. The van der Waals surface area contributed by atoms with Gasteiger partial charge in [-0.1, -0.05) is 30.3 Å². The highest BCUT2D eigenvalue weighted by molar-refractivity contribution is 5.84. The minimum Gasteiger partial charge on any atom is -0.480 e. The Morgan fingerprint density at radius 1 is 0.919 bits per heavy atom. The molecule has 3 aromatic rings. The third kappa shape index (κ3) is 4.66. The summed E-state index contributed by atoms with van der Waals surface area (Å²) in [5.74, 6) is 0.514. The van der Waals surface area contributed by atoms with Gasteiger partial charge in [0.15, 0.2) is 0 Å². The van der Waals surface area contributed by atoms with E-state index in [0.29, 0.717) is 5.88 Å². The Kier molecular flexibility index (Phi) is 6.28. The number of pyridine rings is 1. The molecule has 7 nitrogen and oxygen atoms in total.